The summed E-state index contributed by atoms with van der Waals surface area (Å²) in [6, 6.07) is 22.6. The Balaban J connectivity index is 0.000000181. The van der Waals surface area contributed by atoms with E-state index >= 15 is 0 Å². The van der Waals surface area contributed by atoms with Gasteiger partial charge in [-0.3, -0.25) is 19.4 Å². The van der Waals surface area contributed by atoms with Crippen molar-refractivity contribution in [2.45, 2.75) is 77.5 Å². The van der Waals surface area contributed by atoms with E-state index in [-0.39, 0.29) is 0 Å². The van der Waals surface area contributed by atoms with E-state index in [1.807, 2.05) is 12.1 Å². The van der Waals surface area contributed by atoms with Crippen LogP contribution in [-0.2, 0) is 9.59 Å². The van der Waals surface area contributed by atoms with Crippen molar-refractivity contribution >= 4 is 11.6 Å². The Bertz CT molecular complexity index is 794. The zero-order valence-electron chi connectivity index (χ0n) is 20.0. The average Bonchev–Trinajstić information content (AvgIpc) is 2.80. The highest BCUT2D eigenvalue weighted by molar-refractivity contribution is 5.80. The summed E-state index contributed by atoms with van der Waals surface area (Å²) in [6.45, 7) is 10.5. The molecule has 2 saturated heterocycles. The van der Waals surface area contributed by atoms with Crippen LogP contribution in [0.5, 0.6) is 0 Å². The zero-order valence-corrected chi connectivity index (χ0v) is 20.0. The smallest absolute Gasteiger partial charge is 0.135 e. The summed E-state index contributed by atoms with van der Waals surface area (Å²) < 4.78 is 0. The lowest BCUT2D eigenvalue weighted by Gasteiger charge is -2.37. The number of Topliss-reactive ketones (excluding diaryl/α,β-unsaturated/α-hetero) is 2. The van der Waals surface area contributed by atoms with Gasteiger partial charge in [-0.05, 0) is 38.8 Å². The molecule has 0 aliphatic carbocycles. The number of hydrogen-bond acceptors (Lipinski definition) is 4. The lowest BCUT2D eigenvalue weighted by atomic mass is 9.97. The first-order valence-electron chi connectivity index (χ1n) is 12.0. The number of rotatable bonds is 4. The van der Waals surface area contributed by atoms with E-state index in [0.29, 0.717) is 61.4 Å². The predicted octanol–water partition coefficient (Wildman–Crippen LogP) is 5.60. The normalized spacial score (nSPS) is 24.4. The van der Waals surface area contributed by atoms with E-state index in [4.69, 9.17) is 0 Å². The molecule has 0 spiro atoms. The van der Waals surface area contributed by atoms with Crippen molar-refractivity contribution in [3.63, 3.8) is 0 Å². The van der Waals surface area contributed by atoms with Gasteiger partial charge in [0.05, 0.1) is 0 Å². The van der Waals surface area contributed by atoms with E-state index in [9.17, 15) is 9.59 Å². The van der Waals surface area contributed by atoms with Crippen LogP contribution < -0.4 is 0 Å². The van der Waals surface area contributed by atoms with E-state index in [1.54, 1.807) is 0 Å². The summed E-state index contributed by atoms with van der Waals surface area (Å²) in [5, 5.41) is 0. The molecule has 2 aromatic rings. The summed E-state index contributed by atoms with van der Waals surface area (Å²) in [4.78, 5) is 27.6. The van der Waals surface area contributed by atoms with Crippen LogP contribution in [0.15, 0.2) is 60.7 Å². The third-order valence-electron chi connectivity index (χ3n) is 7.04. The minimum absolute atomic E-state index is 0.372. The number of benzene rings is 2. The maximum absolute atomic E-state index is 11.4. The van der Waals surface area contributed by atoms with Crippen LogP contribution in [-0.4, -0.2) is 46.5 Å². The summed E-state index contributed by atoms with van der Waals surface area (Å²) in [5.41, 5.74) is 2.67. The predicted molar refractivity (Wildman–Crippen MR) is 131 cm³/mol. The van der Waals surface area contributed by atoms with Crippen LogP contribution in [0, 0.1) is 0 Å². The molecule has 4 rings (SSSR count). The van der Waals surface area contributed by atoms with Crippen molar-refractivity contribution in [2.75, 3.05) is 13.1 Å². The molecule has 0 amide bonds. The Morgan fingerprint density at radius 2 is 1.00 bits per heavy atom. The van der Waals surface area contributed by atoms with Gasteiger partial charge in [-0.15, -0.1) is 0 Å². The number of hydrogen-bond donors (Lipinski definition) is 0. The molecule has 0 bridgehead atoms. The molecular weight excluding hydrogens is 396 g/mol. The van der Waals surface area contributed by atoms with E-state index in [0.717, 1.165) is 13.1 Å². The molecule has 172 valence electrons. The Labute approximate surface area is 193 Å². The highest BCUT2D eigenvalue weighted by Crippen LogP contribution is 2.27. The maximum Gasteiger partial charge on any atom is 0.135 e. The second-order valence-corrected chi connectivity index (χ2v) is 9.33. The molecule has 2 aromatic carbocycles. The summed E-state index contributed by atoms with van der Waals surface area (Å²) in [5.74, 6) is 0.813. The Morgan fingerprint density at radius 3 is 1.31 bits per heavy atom. The van der Waals surface area contributed by atoms with Crippen molar-refractivity contribution < 1.29 is 9.59 Å². The molecule has 32 heavy (non-hydrogen) atoms. The second kappa shape index (κ2) is 11.5. The number of carbonyl (C=O) groups is 2. The van der Waals surface area contributed by atoms with Crippen LogP contribution in [0.1, 0.15) is 76.6 Å². The number of likely N-dealkylation sites (tertiary alicyclic amines) is 2. The Hall–Kier alpha value is -2.30. The first-order chi connectivity index (χ1) is 15.4. The van der Waals surface area contributed by atoms with Crippen LogP contribution in [0.25, 0.3) is 0 Å². The third-order valence-corrected chi connectivity index (χ3v) is 7.04. The second-order valence-electron chi connectivity index (χ2n) is 9.33. The molecule has 4 nitrogen and oxygen atoms in total. The number of ketones is 2. The zero-order chi connectivity index (χ0) is 23.1. The Kier molecular flexibility index (Phi) is 8.77. The van der Waals surface area contributed by atoms with Crippen molar-refractivity contribution in [3.8, 4) is 0 Å². The van der Waals surface area contributed by atoms with Gasteiger partial charge in [0.2, 0.25) is 0 Å². The molecule has 2 fully saturated rings. The van der Waals surface area contributed by atoms with Gasteiger partial charge in [0.1, 0.15) is 11.6 Å². The van der Waals surface area contributed by atoms with Crippen molar-refractivity contribution in [1.29, 1.82) is 0 Å². The molecule has 4 heteroatoms. The van der Waals surface area contributed by atoms with E-state index in [2.05, 4.69) is 86.0 Å². The molecule has 0 radical (unpaired) electrons. The maximum atomic E-state index is 11.4. The molecular formula is C28H38N2O2. The van der Waals surface area contributed by atoms with E-state index < -0.39 is 0 Å². The van der Waals surface area contributed by atoms with Gasteiger partial charge in [0.25, 0.3) is 0 Å². The molecule has 0 unspecified atom stereocenters. The van der Waals surface area contributed by atoms with Crippen molar-refractivity contribution in [1.82, 2.24) is 9.80 Å². The standard InChI is InChI=1S/2C14H19NO/c2*1-11-10-14(16)8-9-15(11)12(2)13-6-4-3-5-7-13/h2*3-7,11-12H,8-10H2,1-2H3/t2*11-,12+/m10/s1. The third kappa shape index (κ3) is 6.36. The van der Waals surface area contributed by atoms with Gasteiger partial charge in [-0.25, -0.2) is 0 Å². The summed E-state index contributed by atoms with van der Waals surface area (Å²) in [7, 11) is 0. The fourth-order valence-electron chi connectivity index (χ4n) is 5.04. The monoisotopic (exact) mass is 434 g/mol. The first-order valence-corrected chi connectivity index (χ1v) is 12.0. The minimum Gasteiger partial charge on any atom is -0.300 e. The first kappa shape index (κ1) is 24.3. The molecule has 0 aromatic heterocycles. The fraction of sp³-hybridized carbons (Fsp3) is 0.500. The van der Waals surface area contributed by atoms with Gasteiger partial charge in [0.15, 0.2) is 0 Å². The molecule has 2 heterocycles. The van der Waals surface area contributed by atoms with Gasteiger partial charge in [-0.2, -0.15) is 0 Å². The fourth-order valence-corrected chi connectivity index (χ4v) is 5.04. The van der Waals surface area contributed by atoms with Crippen LogP contribution in [0.4, 0.5) is 0 Å². The lowest BCUT2D eigenvalue weighted by Crippen LogP contribution is -2.42. The average molecular weight is 435 g/mol. The number of nitrogens with zero attached hydrogens (tertiary/aromatic N) is 2. The SMILES string of the molecule is C[C@@H]1CC(=O)CCN1[C@@H](C)c1ccccc1.C[C@H](c1ccccc1)N1CCC(=O)C[C@@H]1C. The van der Waals surface area contributed by atoms with Gasteiger partial charge >= 0.3 is 0 Å². The van der Waals surface area contributed by atoms with Crippen LogP contribution in [0.2, 0.25) is 0 Å². The van der Waals surface area contributed by atoms with Gasteiger partial charge in [-0.1, -0.05) is 60.7 Å². The molecule has 4 atom stereocenters. The minimum atomic E-state index is 0.372. The van der Waals surface area contributed by atoms with Gasteiger partial charge in [0, 0.05) is 62.9 Å². The Morgan fingerprint density at radius 1 is 0.656 bits per heavy atom. The van der Waals surface area contributed by atoms with Crippen molar-refractivity contribution in [3.05, 3.63) is 71.8 Å². The summed E-state index contributed by atoms with van der Waals surface area (Å²) in [6.07, 6.45) is 2.83. The number of piperidine rings is 2. The lowest BCUT2D eigenvalue weighted by molar-refractivity contribution is -0.124. The largest absolute Gasteiger partial charge is 0.300 e. The van der Waals surface area contributed by atoms with Crippen LogP contribution in [0.3, 0.4) is 0 Å². The van der Waals surface area contributed by atoms with Gasteiger partial charge < -0.3 is 0 Å². The highest BCUT2D eigenvalue weighted by Gasteiger charge is 2.28. The molecule has 2 aliphatic rings. The molecule has 0 N–H and O–H groups in total. The van der Waals surface area contributed by atoms with Crippen molar-refractivity contribution in [2.24, 2.45) is 0 Å². The highest BCUT2D eigenvalue weighted by atomic mass is 16.1. The quantitative estimate of drug-likeness (QED) is 0.628. The molecule has 2 aliphatic heterocycles. The summed E-state index contributed by atoms with van der Waals surface area (Å²) >= 11 is 0. The topological polar surface area (TPSA) is 40.6 Å². The van der Waals surface area contributed by atoms with Crippen LogP contribution >= 0.6 is 0 Å². The van der Waals surface area contributed by atoms with E-state index in [1.165, 1.54) is 11.1 Å². The number of carbonyl (C=O) groups excluding carboxylic acids is 2. The molecule has 0 saturated carbocycles.